The Kier molecular flexibility index (Phi) is 3.04. The van der Waals surface area contributed by atoms with Gasteiger partial charge in [-0.15, -0.1) is 0 Å². The van der Waals surface area contributed by atoms with Crippen LogP contribution in [0, 0.1) is 0 Å². The summed E-state index contributed by atoms with van der Waals surface area (Å²) in [4.78, 5) is 6.42. The van der Waals surface area contributed by atoms with Crippen molar-refractivity contribution in [3.63, 3.8) is 0 Å². The van der Waals surface area contributed by atoms with E-state index in [9.17, 15) is 0 Å². The second-order valence-electron chi connectivity index (χ2n) is 3.46. The summed E-state index contributed by atoms with van der Waals surface area (Å²) in [7, 11) is 8.27. The number of piperazine rings is 1. The molecule has 0 bridgehead atoms. The molecule has 2 rings (SSSR count). The summed E-state index contributed by atoms with van der Waals surface area (Å²) in [6.45, 7) is 4.26. The van der Waals surface area contributed by atoms with Crippen LogP contribution >= 0.6 is 9.39 Å². The lowest BCUT2D eigenvalue weighted by Crippen LogP contribution is -2.42. The van der Waals surface area contributed by atoms with Crippen LogP contribution < -0.4 is 10.5 Å². The van der Waals surface area contributed by atoms with Crippen molar-refractivity contribution in [1.29, 1.82) is 0 Å². The fraction of sp³-hybridized carbons (Fsp3) is 0.444. The van der Waals surface area contributed by atoms with Crippen LogP contribution in [0.2, 0.25) is 0 Å². The van der Waals surface area contributed by atoms with E-state index in [1.54, 1.807) is 0 Å². The highest BCUT2D eigenvalue weighted by Crippen LogP contribution is 2.14. The monoisotopic (exact) mass is 205 g/mol. The molecule has 1 aliphatic rings. The van der Waals surface area contributed by atoms with E-state index in [0.717, 1.165) is 31.9 Å². The van der Waals surface area contributed by atoms with Crippen molar-refractivity contribution in [2.24, 2.45) is 0 Å². The molecule has 2 radical (unpaired) electrons. The van der Waals surface area contributed by atoms with E-state index in [0.29, 0.717) is 5.59 Å². The van der Waals surface area contributed by atoms with Gasteiger partial charge in [-0.1, -0.05) is 9.39 Å². The molecule has 1 aliphatic heterocycles. The maximum Gasteiger partial charge on any atom is 0.141 e. The molecule has 2 heterocycles. The summed E-state index contributed by atoms with van der Waals surface area (Å²) in [5, 5.41) is 0. The Balaban J connectivity index is 2.05. The maximum absolute atomic E-state index is 5.54. The Labute approximate surface area is 88.2 Å². The molecule has 0 aliphatic carbocycles. The third kappa shape index (κ3) is 2.25. The third-order valence-corrected chi connectivity index (χ3v) is 2.97. The third-order valence-electron chi connectivity index (χ3n) is 2.45. The Bertz CT molecular complexity index is 295. The molecule has 1 aromatic heterocycles. The van der Waals surface area contributed by atoms with Gasteiger partial charge in [-0.05, 0) is 17.7 Å². The zero-order valence-electron chi connectivity index (χ0n) is 8.06. The van der Waals surface area contributed by atoms with Crippen LogP contribution in [0.25, 0.3) is 0 Å². The number of anilines is 1. The number of hydrogen-bond acceptors (Lipinski definition) is 3. The molecule has 14 heavy (non-hydrogen) atoms. The standard InChI is InChI=1S/C9H13BN3P/c10-9-2-1-8(7-11-9)12-3-5-13(14)6-4-12/h1-2,7H,3-6,14H2. The van der Waals surface area contributed by atoms with Crippen molar-refractivity contribution in [3.8, 4) is 0 Å². The predicted molar refractivity (Wildman–Crippen MR) is 63.1 cm³/mol. The van der Waals surface area contributed by atoms with Gasteiger partial charge in [0.05, 0.1) is 5.69 Å². The predicted octanol–water partition coefficient (Wildman–Crippen LogP) is -0.213. The highest BCUT2D eigenvalue weighted by molar-refractivity contribution is 7.13. The first-order valence-electron chi connectivity index (χ1n) is 4.72. The minimum atomic E-state index is 0.582. The van der Waals surface area contributed by atoms with E-state index in [1.165, 1.54) is 0 Å². The number of hydrogen-bond donors (Lipinski definition) is 0. The normalized spacial score (nSPS) is 18.5. The molecule has 1 aromatic rings. The van der Waals surface area contributed by atoms with Crippen LogP contribution in [-0.2, 0) is 0 Å². The number of rotatable bonds is 1. The molecule has 72 valence electrons. The van der Waals surface area contributed by atoms with Gasteiger partial charge in [0.1, 0.15) is 7.85 Å². The van der Waals surface area contributed by atoms with Gasteiger partial charge in [-0.3, -0.25) is 9.65 Å². The van der Waals surface area contributed by atoms with Gasteiger partial charge in [-0.25, -0.2) is 0 Å². The smallest absolute Gasteiger partial charge is 0.141 e. The van der Waals surface area contributed by atoms with E-state index in [4.69, 9.17) is 7.85 Å². The molecule has 0 saturated carbocycles. The van der Waals surface area contributed by atoms with E-state index in [1.807, 2.05) is 18.3 Å². The number of nitrogens with zero attached hydrogens (tertiary/aromatic N) is 3. The summed E-state index contributed by atoms with van der Waals surface area (Å²) in [6.07, 6.45) is 1.84. The first-order chi connectivity index (χ1) is 6.75. The van der Waals surface area contributed by atoms with Crippen molar-refractivity contribution in [3.05, 3.63) is 18.3 Å². The Hall–Kier alpha value is -0.595. The van der Waals surface area contributed by atoms with E-state index in [2.05, 4.69) is 23.9 Å². The van der Waals surface area contributed by atoms with Crippen molar-refractivity contribution in [1.82, 2.24) is 9.65 Å². The molecule has 0 N–H and O–H groups in total. The van der Waals surface area contributed by atoms with Gasteiger partial charge in [0.2, 0.25) is 0 Å². The number of aromatic nitrogens is 1. The first-order valence-corrected chi connectivity index (χ1v) is 5.23. The molecule has 1 saturated heterocycles. The molecule has 0 aromatic carbocycles. The maximum atomic E-state index is 5.54. The van der Waals surface area contributed by atoms with E-state index < -0.39 is 0 Å². The largest absolute Gasteiger partial charge is 0.368 e. The summed E-state index contributed by atoms with van der Waals surface area (Å²) < 4.78 is 2.25. The molecule has 5 heteroatoms. The highest BCUT2D eigenvalue weighted by atomic mass is 31.0. The summed E-state index contributed by atoms with van der Waals surface area (Å²) >= 11 is 0. The SMILES string of the molecule is [B]c1ccc(N2CCN(P)CC2)cn1. The Morgan fingerprint density at radius 1 is 1.21 bits per heavy atom. The lowest BCUT2D eigenvalue weighted by Gasteiger charge is -2.33. The van der Waals surface area contributed by atoms with Crippen LogP contribution in [0.4, 0.5) is 5.69 Å². The molecule has 0 spiro atoms. The molecule has 0 amide bonds. The second-order valence-corrected chi connectivity index (χ2v) is 4.19. The molecule has 1 unspecified atom stereocenters. The Morgan fingerprint density at radius 3 is 2.50 bits per heavy atom. The molecule has 1 atom stereocenters. The van der Waals surface area contributed by atoms with E-state index >= 15 is 0 Å². The van der Waals surface area contributed by atoms with Crippen LogP contribution in [0.15, 0.2) is 18.3 Å². The molecular formula is C9H13BN3P. The minimum Gasteiger partial charge on any atom is -0.368 e. The highest BCUT2D eigenvalue weighted by Gasteiger charge is 2.13. The quantitative estimate of drug-likeness (QED) is 0.467. The fourth-order valence-corrected chi connectivity index (χ4v) is 1.80. The molecule has 3 nitrogen and oxygen atoms in total. The first kappa shape index (κ1) is 9.94. The average Bonchev–Trinajstić information content (AvgIpc) is 2.21. The molecular weight excluding hydrogens is 192 g/mol. The second kappa shape index (κ2) is 4.29. The van der Waals surface area contributed by atoms with Gasteiger partial charge < -0.3 is 4.90 Å². The van der Waals surface area contributed by atoms with Gasteiger partial charge in [-0.2, -0.15) is 0 Å². The zero-order valence-corrected chi connectivity index (χ0v) is 9.21. The summed E-state index contributed by atoms with van der Waals surface area (Å²) in [6, 6.07) is 3.88. The average molecular weight is 205 g/mol. The van der Waals surface area contributed by atoms with Gasteiger partial charge in [0, 0.05) is 32.4 Å². The Morgan fingerprint density at radius 2 is 1.93 bits per heavy atom. The fourth-order valence-electron chi connectivity index (χ4n) is 1.56. The van der Waals surface area contributed by atoms with Crippen LogP contribution in [-0.4, -0.2) is 43.7 Å². The van der Waals surface area contributed by atoms with Crippen molar-refractivity contribution < 1.29 is 0 Å². The topological polar surface area (TPSA) is 19.4 Å². The van der Waals surface area contributed by atoms with E-state index in [-0.39, 0.29) is 0 Å². The van der Waals surface area contributed by atoms with Crippen LogP contribution in [0.1, 0.15) is 0 Å². The van der Waals surface area contributed by atoms with Crippen molar-refractivity contribution >= 4 is 28.5 Å². The molecule has 1 fully saturated rings. The van der Waals surface area contributed by atoms with Crippen molar-refractivity contribution in [2.45, 2.75) is 0 Å². The minimum absolute atomic E-state index is 0.582. The van der Waals surface area contributed by atoms with Crippen molar-refractivity contribution in [2.75, 3.05) is 31.1 Å². The van der Waals surface area contributed by atoms with Gasteiger partial charge in [0.25, 0.3) is 0 Å². The van der Waals surface area contributed by atoms with Gasteiger partial charge >= 0.3 is 0 Å². The zero-order chi connectivity index (χ0) is 9.97. The van der Waals surface area contributed by atoms with Crippen LogP contribution in [0.3, 0.4) is 0 Å². The number of pyridine rings is 1. The lowest BCUT2D eigenvalue weighted by atomic mass is 10.0. The summed E-state index contributed by atoms with van der Waals surface area (Å²) in [5.41, 5.74) is 1.75. The summed E-state index contributed by atoms with van der Waals surface area (Å²) in [5.74, 6) is 0. The van der Waals surface area contributed by atoms with Crippen LogP contribution in [0.5, 0.6) is 0 Å². The van der Waals surface area contributed by atoms with Gasteiger partial charge in [0.15, 0.2) is 0 Å². The lowest BCUT2D eigenvalue weighted by molar-refractivity contribution is 0.428.